The predicted molar refractivity (Wildman–Crippen MR) is 81.5 cm³/mol. The zero-order chi connectivity index (χ0) is 15.9. The number of nitrogens with one attached hydrogen (secondary N) is 1. The molecule has 0 unspecified atom stereocenters. The van der Waals surface area contributed by atoms with Gasteiger partial charge in [0.25, 0.3) is 5.91 Å². The van der Waals surface area contributed by atoms with Crippen LogP contribution in [0.15, 0.2) is 30.6 Å². The van der Waals surface area contributed by atoms with Gasteiger partial charge in [0.1, 0.15) is 6.61 Å². The van der Waals surface area contributed by atoms with Crippen molar-refractivity contribution < 1.29 is 19.0 Å². The predicted octanol–water partition coefficient (Wildman–Crippen LogP) is 1.71. The van der Waals surface area contributed by atoms with Gasteiger partial charge in [-0.25, -0.2) is 0 Å². The number of hydrogen-bond acceptors (Lipinski definition) is 5. The summed E-state index contributed by atoms with van der Waals surface area (Å²) in [4.78, 5) is 12.1. The highest BCUT2D eigenvalue weighted by molar-refractivity contribution is 6.04. The maximum absolute atomic E-state index is 12.1. The number of methoxy groups -OCH3 is 2. The molecule has 0 aliphatic rings. The fourth-order valence-electron chi connectivity index (χ4n) is 1.84. The first-order chi connectivity index (χ1) is 10.6. The molecule has 0 aliphatic carbocycles. The molecule has 7 heteroatoms. The third-order valence-electron chi connectivity index (χ3n) is 2.93. The molecule has 0 fully saturated rings. The van der Waals surface area contributed by atoms with Crippen LogP contribution in [0.3, 0.4) is 0 Å². The van der Waals surface area contributed by atoms with E-state index in [-0.39, 0.29) is 5.91 Å². The van der Waals surface area contributed by atoms with Crippen molar-refractivity contribution in [3.05, 3.63) is 36.2 Å². The minimum absolute atomic E-state index is 0.235. The van der Waals surface area contributed by atoms with Crippen LogP contribution in [0, 0.1) is 0 Å². The molecule has 0 saturated heterocycles. The van der Waals surface area contributed by atoms with E-state index in [0.717, 1.165) is 0 Å². The van der Waals surface area contributed by atoms with Gasteiger partial charge in [-0.2, -0.15) is 5.10 Å². The summed E-state index contributed by atoms with van der Waals surface area (Å²) < 4.78 is 17.3. The van der Waals surface area contributed by atoms with Crippen molar-refractivity contribution in [3.63, 3.8) is 0 Å². The van der Waals surface area contributed by atoms with Gasteiger partial charge in [-0.3, -0.25) is 9.48 Å². The fourth-order valence-corrected chi connectivity index (χ4v) is 1.84. The molecule has 1 amide bonds. The number of anilines is 1. The molecule has 7 nitrogen and oxygen atoms in total. The Morgan fingerprint density at radius 2 is 2.09 bits per heavy atom. The van der Waals surface area contributed by atoms with Crippen LogP contribution in [0.25, 0.3) is 0 Å². The molecule has 1 heterocycles. The summed E-state index contributed by atoms with van der Waals surface area (Å²) >= 11 is 0. The Bertz CT molecular complexity index is 639. The van der Waals surface area contributed by atoms with E-state index in [4.69, 9.17) is 14.2 Å². The highest BCUT2D eigenvalue weighted by atomic mass is 16.5. The second-order valence-electron chi connectivity index (χ2n) is 4.56. The molecule has 2 aromatic rings. The van der Waals surface area contributed by atoms with Crippen molar-refractivity contribution in [3.8, 4) is 11.5 Å². The largest absolute Gasteiger partial charge is 0.493 e. The summed E-state index contributed by atoms with van der Waals surface area (Å²) in [7, 11) is 4.92. The molecule has 0 bridgehead atoms. The molecular formula is C15H19N3O4. The Morgan fingerprint density at radius 3 is 2.73 bits per heavy atom. The molecular weight excluding hydrogens is 286 g/mol. The highest BCUT2D eigenvalue weighted by Crippen LogP contribution is 2.30. The number of hydrogen-bond donors (Lipinski definition) is 1. The number of carbonyl (C=O) groups is 1. The third-order valence-corrected chi connectivity index (χ3v) is 2.93. The van der Waals surface area contributed by atoms with Gasteiger partial charge < -0.3 is 19.5 Å². The lowest BCUT2D eigenvalue weighted by molar-refractivity contribution is 0.102. The molecule has 118 valence electrons. The van der Waals surface area contributed by atoms with Crippen molar-refractivity contribution in [2.45, 2.75) is 0 Å². The van der Waals surface area contributed by atoms with Gasteiger partial charge in [-0.05, 0) is 12.1 Å². The molecule has 1 aromatic carbocycles. The van der Waals surface area contributed by atoms with E-state index >= 15 is 0 Å². The second kappa shape index (κ2) is 7.46. The van der Waals surface area contributed by atoms with E-state index in [1.807, 2.05) is 0 Å². The number of benzene rings is 1. The van der Waals surface area contributed by atoms with Crippen LogP contribution >= 0.6 is 0 Å². The fraction of sp³-hybridized carbons (Fsp3) is 0.333. The Balaban J connectivity index is 2.10. The normalized spacial score (nSPS) is 10.3. The van der Waals surface area contributed by atoms with Crippen molar-refractivity contribution in [1.29, 1.82) is 0 Å². The molecule has 22 heavy (non-hydrogen) atoms. The van der Waals surface area contributed by atoms with Gasteiger partial charge in [0.15, 0.2) is 11.5 Å². The first kappa shape index (κ1) is 15.8. The minimum Gasteiger partial charge on any atom is -0.493 e. The quantitative estimate of drug-likeness (QED) is 0.788. The molecule has 0 saturated carbocycles. The van der Waals surface area contributed by atoms with Crippen molar-refractivity contribution in [1.82, 2.24) is 9.78 Å². The topological polar surface area (TPSA) is 74.6 Å². The Kier molecular flexibility index (Phi) is 5.37. The molecule has 1 aromatic heterocycles. The van der Waals surface area contributed by atoms with Crippen LogP contribution in [0.1, 0.15) is 10.4 Å². The van der Waals surface area contributed by atoms with Crippen LogP contribution in [0.4, 0.5) is 5.69 Å². The van der Waals surface area contributed by atoms with E-state index in [2.05, 4.69) is 10.4 Å². The summed E-state index contributed by atoms with van der Waals surface area (Å²) in [5, 5.41) is 6.77. The number of aromatic nitrogens is 2. The van der Waals surface area contributed by atoms with Crippen LogP contribution < -0.4 is 14.8 Å². The van der Waals surface area contributed by atoms with E-state index < -0.39 is 0 Å². The van der Waals surface area contributed by atoms with Crippen molar-refractivity contribution in [2.75, 3.05) is 32.8 Å². The Hall–Kier alpha value is -2.54. The molecule has 0 spiro atoms. The SMILES string of the molecule is COCCOc1cc(NC(=O)c2cnn(C)c2)ccc1OC. The summed E-state index contributed by atoms with van der Waals surface area (Å²) in [5.74, 6) is 0.903. The van der Waals surface area contributed by atoms with Crippen LogP contribution in [0.5, 0.6) is 11.5 Å². The molecule has 2 rings (SSSR count). The number of nitrogens with zero attached hydrogens (tertiary/aromatic N) is 2. The number of rotatable bonds is 7. The Morgan fingerprint density at radius 1 is 1.27 bits per heavy atom. The van der Waals surface area contributed by atoms with Gasteiger partial charge in [-0.1, -0.05) is 0 Å². The smallest absolute Gasteiger partial charge is 0.258 e. The molecule has 1 N–H and O–H groups in total. The Labute approximate surface area is 128 Å². The van der Waals surface area contributed by atoms with Gasteiger partial charge in [0, 0.05) is 32.1 Å². The van der Waals surface area contributed by atoms with Crippen molar-refractivity contribution in [2.24, 2.45) is 7.05 Å². The van der Waals surface area contributed by atoms with E-state index in [1.54, 1.807) is 50.3 Å². The van der Waals surface area contributed by atoms with Crippen LogP contribution in [0.2, 0.25) is 0 Å². The zero-order valence-electron chi connectivity index (χ0n) is 12.8. The highest BCUT2D eigenvalue weighted by Gasteiger charge is 2.11. The van der Waals surface area contributed by atoms with E-state index in [0.29, 0.717) is 36.0 Å². The maximum Gasteiger partial charge on any atom is 0.258 e. The van der Waals surface area contributed by atoms with Gasteiger partial charge in [0.2, 0.25) is 0 Å². The van der Waals surface area contributed by atoms with Gasteiger partial charge >= 0.3 is 0 Å². The monoisotopic (exact) mass is 305 g/mol. The number of amides is 1. The van der Waals surface area contributed by atoms with E-state index in [1.165, 1.54) is 6.20 Å². The lowest BCUT2D eigenvalue weighted by atomic mass is 10.2. The van der Waals surface area contributed by atoms with Gasteiger partial charge in [-0.15, -0.1) is 0 Å². The number of carbonyl (C=O) groups excluding carboxylic acids is 1. The second-order valence-corrected chi connectivity index (χ2v) is 4.56. The molecule has 0 atom stereocenters. The van der Waals surface area contributed by atoms with Crippen LogP contribution in [-0.2, 0) is 11.8 Å². The average molecular weight is 305 g/mol. The molecule has 0 aliphatic heterocycles. The lowest BCUT2D eigenvalue weighted by Gasteiger charge is -2.12. The standard InChI is InChI=1S/C15H19N3O4/c1-18-10-11(9-16-18)15(19)17-12-4-5-13(21-3)14(8-12)22-7-6-20-2/h4-5,8-10H,6-7H2,1-3H3,(H,17,19). The van der Waals surface area contributed by atoms with Gasteiger partial charge in [0.05, 0.1) is 25.5 Å². The first-order valence-electron chi connectivity index (χ1n) is 6.74. The van der Waals surface area contributed by atoms with Crippen molar-refractivity contribution >= 4 is 11.6 Å². The first-order valence-corrected chi connectivity index (χ1v) is 6.74. The minimum atomic E-state index is -0.235. The van der Waals surface area contributed by atoms with Crippen LogP contribution in [-0.4, -0.2) is 43.1 Å². The summed E-state index contributed by atoms with van der Waals surface area (Å²) in [6.07, 6.45) is 3.16. The summed E-state index contributed by atoms with van der Waals surface area (Å²) in [6, 6.07) is 5.19. The lowest BCUT2D eigenvalue weighted by Crippen LogP contribution is -2.11. The summed E-state index contributed by atoms with van der Waals surface area (Å²) in [5.41, 5.74) is 1.10. The number of ether oxygens (including phenoxy) is 3. The average Bonchev–Trinajstić information content (AvgIpc) is 2.94. The molecule has 0 radical (unpaired) electrons. The number of aryl methyl sites for hydroxylation is 1. The summed E-state index contributed by atoms with van der Waals surface area (Å²) in [6.45, 7) is 0.863. The zero-order valence-corrected chi connectivity index (χ0v) is 12.8. The maximum atomic E-state index is 12.1. The van der Waals surface area contributed by atoms with E-state index in [9.17, 15) is 4.79 Å². The third kappa shape index (κ3) is 3.98.